The first kappa shape index (κ1) is 16.6. The molecule has 1 aliphatic carbocycles. The molecule has 120 valence electrons. The molecule has 3 N–H and O–H groups in total. The molecule has 6 nitrogen and oxygen atoms in total. The number of nitrogens with two attached hydrogens (primary N) is 1. The lowest BCUT2D eigenvalue weighted by atomic mass is 9.85. The van der Waals surface area contributed by atoms with Crippen LogP contribution < -0.4 is 16.8 Å². The van der Waals surface area contributed by atoms with Crippen molar-refractivity contribution in [2.75, 3.05) is 5.32 Å². The van der Waals surface area contributed by atoms with Gasteiger partial charge in [-0.1, -0.05) is 6.42 Å². The Morgan fingerprint density at radius 2 is 2.18 bits per heavy atom. The lowest BCUT2D eigenvalue weighted by Crippen LogP contribution is -2.34. The van der Waals surface area contributed by atoms with Gasteiger partial charge in [0.05, 0.1) is 5.52 Å². The van der Waals surface area contributed by atoms with Crippen LogP contribution in [0.3, 0.4) is 0 Å². The van der Waals surface area contributed by atoms with Crippen molar-refractivity contribution in [3.8, 4) is 0 Å². The summed E-state index contributed by atoms with van der Waals surface area (Å²) in [6.45, 7) is 0. The zero-order valence-corrected chi connectivity index (χ0v) is 13.2. The number of anilines is 1. The van der Waals surface area contributed by atoms with Gasteiger partial charge in [-0.2, -0.15) is 0 Å². The molecule has 1 aromatic carbocycles. The van der Waals surface area contributed by atoms with Crippen LogP contribution in [0.2, 0.25) is 0 Å². The number of nitrogens with one attached hydrogen (secondary N) is 1. The summed E-state index contributed by atoms with van der Waals surface area (Å²) < 4.78 is 6.55. The molecular formula is C15H20ClN3O3. The average Bonchev–Trinajstić information content (AvgIpc) is 2.73. The van der Waals surface area contributed by atoms with Crippen molar-refractivity contribution < 1.29 is 9.21 Å². The Labute approximate surface area is 134 Å². The van der Waals surface area contributed by atoms with Crippen LogP contribution in [0.5, 0.6) is 0 Å². The second kappa shape index (κ2) is 6.54. The van der Waals surface area contributed by atoms with E-state index < -0.39 is 5.76 Å². The molecule has 0 radical (unpaired) electrons. The van der Waals surface area contributed by atoms with Gasteiger partial charge in [-0.25, -0.2) is 4.79 Å². The largest absolute Gasteiger partial charge is 0.419 e. The summed E-state index contributed by atoms with van der Waals surface area (Å²) in [5, 5.41) is 2.89. The molecule has 7 heteroatoms. The first-order valence-electron chi connectivity index (χ1n) is 7.20. The summed E-state index contributed by atoms with van der Waals surface area (Å²) in [6.07, 6.45) is 3.59. The van der Waals surface area contributed by atoms with E-state index in [9.17, 15) is 9.59 Å². The maximum atomic E-state index is 12.3. The van der Waals surface area contributed by atoms with E-state index in [1.54, 1.807) is 25.2 Å². The van der Waals surface area contributed by atoms with Gasteiger partial charge >= 0.3 is 5.76 Å². The van der Waals surface area contributed by atoms with Crippen LogP contribution >= 0.6 is 12.4 Å². The van der Waals surface area contributed by atoms with E-state index >= 15 is 0 Å². The molecule has 2 aromatic rings. The van der Waals surface area contributed by atoms with Crippen molar-refractivity contribution in [2.45, 2.75) is 31.7 Å². The van der Waals surface area contributed by atoms with E-state index in [1.807, 2.05) is 0 Å². The highest BCUT2D eigenvalue weighted by Crippen LogP contribution is 2.25. The number of amides is 1. The predicted molar refractivity (Wildman–Crippen MR) is 87.3 cm³/mol. The lowest BCUT2D eigenvalue weighted by molar-refractivity contribution is -0.120. The van der Waals surface area contributed by atoms with Crippen LogP contribution in [-0.4, -0.2) is 16.5 Å². The monoisotopic (exact) mass is 325 g/mol. The van der Waals surface area contributed by atoms with Crippen molar-refractivity contribution >= 4 is 35.1 Å². The Morgan fingerprint density at radius 3 is 2.91 bits per heavy atom. The summed E-state index contributed by atoms with van der Waals surface area (Å²) in [6, 6.07) is 5.33. The Morgan fingerprint density at radius 1 is 1.41 bits per heavy atom. The van der Waals surface area contributed by atoms with E-state index in [0.717, 1.165) is 25.7 Å². The summed E-state index contributed by atoms with van der Waals surface area (Å²) in [5.41, 5.74) is 7.74. The molecule has 0 spiro atoms. The molecule has 1 aliphatic rings. The number of hydrogen-bond donors (Lipinski definition) is 2. The smallest absolute Gasteiger partial charge is 0.408 e. The second-order valence-electron chi connectivity index (χ2n) is 5.72. The maximum Gasteiger partial charge on any atom is 0.419 e. The maximum absolute atomic E-state index is 12.3. The normalized spacial score (nSPS) is 21.4. The number of oxazole rings is 1. The van der Waals surface area contributed by atoms with Crippen molar-refractivity contribution in [3.63, 3.8) is 0 Å². The SMILES string of the molecule is Cl.Cn1c(=O)oc2cc(NC(=O)C3CCCC(N)C3)ccc21. The van der Waals surface area contributed by atoms with Gasteiger partial charge in [-0.3, -0.25) is 9.36 Å². The van der Waals surface area contributed by atoms with Gasteiger partial charge in [0.2, 0.25) is 5.91 Å². The number of carbonyl (C=O) groups is 1. The van der Waals surface area contributed by atoms with Gasteiger partial charge in [0.1, 0.15) is 0 Å². The predicted octanol–water partition coefficient (Wildman–Crippen LogP) is 2.01. The standard InChI is InChI=1S/C15H19N3O3.ClH/c1-18-12-6-5-11(8-13(12)21-15(18)20)17-14(19)9-3-2-4-10(16)7-9;/h5-6,8-10H,2-4,7,16H2,1H3,(H,17,19);1H. The van der Waals surface area contributed by atoms with Crippen molar-refractivity contribution in [3.05, 3.63) is 28.7 Å². The van der Waals surface area contributed by atoms with Gasteiger partial charge in [-0.05, 0) is 31.4 Å². The number of aryl methyl sites for hydroxylation is 1. The lowest BCUT2D eigenvalue weighted by Gasteiger charge is -2.25. The second-order valence-corrected chi connectivity index (χ2v) is 5.72. The highest BCUT2D eigenvalue weighted by Gasteiger charge is 2.25. The van der Waals surface area contributed by atoms with Crippen LogP contribution in [0.1, 0.15) is 25.7 Å². The third kappa shape index (κ3) is 3.18. The van der Waals surface area contributed by atoms with E-state index in [4.69, 9.17) is 10.2 Å². The van der Waals surface area contributed by atoms with E-state index in [0.29, 0.717) is 16.8 Å². The summed E-state index contributed by atoms with van der Waals surface area (Å²) in [4.78, 5) is 23.7. The number of aromatic nitrogens is 1. The Hall–Kier alpha value is -1.79. The Bertz CT molecular complexity index is 737. The van der Waals surface area contributed by atoms with Crippen LogP contribution in [0.25, 0.3) is 11.1 Å². The van der Waals surface area contributed by atoms with E-state index in [2.05, 4.69) is 5.32 Å². The van der Waals surface area contributed by atoms with Gasteiger partial charge in [0, 0.05) is 30.8 Å². The third-order valence-corrected chi connectivity index (χ3v) is 4.15. The molecular weight excluding hydrogens is 306 g/mol. The van der Waals surface area contributed by atoms with E-state index in [1.165, 1.54) is 4.57 Å². The number of carbonyl (C=O) groups excluding carboxylic acids is 1. The fourth-order valence-electron chi connectivity index (χ4n) is 2.92. The molecule has 0 saturated heterocycles. The number of fused-ring (bicyclic) bond motifs is 1. The van der Waals surface area contributed by atoms with Crippen LogP contribution in [0, 0.1) is 5.92 Å². The van der Waals surface area contributed by atoms with Gasteiger partial charge < -0.3 is 15.5 Å². The number of hydrogen-bond acceptors (Lipinski definition) is 4. The molecule has 2 unspecified atom stereocenters. The fourth-order valence-corrected chi connectivity index (χ4v) is 2.92. The number of rotatable bonds is 2. The minimum absolute atomic E-state index is 0. The molecule has 22 heavy (non-hydrogen) atoms. The van der Waals surface area contributed by atoms with E-state index in [-0.39, 0.29) is 30.3 Å². The summed E-state index contributed by atoms with van der Waals surface area (Å²) in [7, 11) is 1.65. The van der Waals surface area contributed by atoms with Crippen LogP contribution in [-0.2, 0) is 11.8 Å². The zero-order chi connectivity index (χ0) is 15.0. The molecule has 0 aliphatic heterocycles. The van der Waals surface area contributed by atoms with Crippen LogP contribution in [0.4, 0.5) is 5.69 Å². The fraction of sp³-hybridized carbons (Fsp3) is 0.467. The molecule has 1 aromatic heterocycles. The highest BCUT2D eigenvalue weighted by molar-refractivity contribution is 5.94. The quantitative estimate of drug-likeness (QED) is 0.883. The third-order valence-electron chi connectivity index (χ3n) is 4.15. The van der Waals surface area contributed by atoms with Crippen LogP contribution in [0.15, 0.2) is 27.4 Å². The molecule has 2 atom stereocenters. The summed E-state index contributed by atoms with van der Waals surface area (Å²) in [5.74, 6) is -0.457. The van der Waals surface area contributed by atoms with Crippen molar-refractivity contribution in [2.24, 2.45) is 18.7 Å². The number of benzene rings is 1. The van der Waals surface area contributed by atoms with Gasteiger partial charge in [0.15, 0.2) is 5.58 Å². The van der Waals surface area contributed by atoms with Gasteiger partial charge in [0.25, 0.3) is 0 Å². The minimum atomic E-state index is -0.410. The molecule has 1 saturated carbocycles. The zero-order valence-electron chi connectivity index (χ0n) is 12.4. The molecule has 1 amide bonds. The first-order chi connectivity index (χ1) is 10.0. The summed E-state index contributed by atoms with van der Waals surface area (Å²) >= 11 is 0. The molecule has 3 rings (SSSR count). The topological polar surface area (TPSA) is 90.3 Å². The Kier molecular flexibility index (Phi) is 4.93. The van der Waals surface area contributed by atoms with Gasteiger partial charge in [-0.15, -0.1) is 12.4 Å². The average molecular weight is 326 g/mol. The highest BCUT2D eigenvalue weighted by atomic mass is 35.5. The molecule has 0 bridgehead atoms. The van der Waals surface area contributed by atoms with Crippen molar-refractivity contribution in [1.29, 1.82) is 0 Å². The number of halogens is 1. The minimum Gasteiger partial charge on any atom is -0.408 e. The Balaban J connectivity index is 0.00000176. The number of nitrogens with zero attached hydrogens (tertiary/aromatic N) is 1. The van der Waals surface area contributed by atoms with Crippen molar-refractivity contribution in [1.82, 2.24) is 4.57 Å². The first-order valence-corrected chi connectivity index (χ1v) is 7.20. The molecule has 1 fully saturated rings. The molecule has 1 heterocycles.